The minimum absolute atomic E-state index is 0.0636. The van der Waals surface area contributed by atoms with Gasteiger partial charge in [-0.3, -0.25) is 9.59 Å². The predicted molar refractivity (Wildman–Crippen MR) is 73.7 cm³/mol. The average Bonchev–Trinajstić information content (AvgIpc) is 2.53. The van der Waals surface area contributed by atoms with Gasteiger partial charge in [0.2, 0.25) is 5.91 Å². The van der Waals surface area contributed by atoms with Crippen LogP contribution in [0.25, 0.3) is 0 Å². The van der Waals surface area contributed by atoms with E-state index in [0.717, 1.165) is 19.3 Å². The molecule has 0 spiro atoms. The van der Waals surface area contributed by atoms with Crippen LogP contribution in [0.4, 0.5) is 0 Å². The highest BCUT2D eigenvalue weighted by Crippen LogP contribution is 2.16. The molecule has 1 heterocycles. The van der Waals surface area contributed by atoms with Gasteiger partial charge in [-0.2, -0.15) is 5.26 Å². The number of hydrogen-bond donors (Lipinski definition) is 1. The highest BCUT2D eigenvalue weighted by atomic mass is 16.2. The van der Waals surface area contributed by atoms with Gasteiger partial charge in [-0.05, 0) is 31.4 Å². The second kappa shape index (κ2) is 6.71. The van der Waals surface area contributed by atoms with Crippen LogP contribution in [0.2, 0.25) is 0 Å². The Balaban J connectivity index is 1.89. The fraction of sp³-hybridized carbons (Fsp3) is 0.400. The number of rotatable bonds is 3. The third kappa shape index (κ3) is 3.35. The molecule has 0 radical (unpaired) electrons. The maximum Gasteiger partial charge on any atom is 0.251 e. The van der Waals surface area contributed by atoms with Crippen LogP contribution in [0.15, 0.2) is 30.3 Å². The molecule has 0 bridgehead atoms. The lowest BCUT2D eigenvalue weighted by Crippen LogP contribution is -2.47. The first kappa shape index (κ1) is 14.1. The highest BCUT2D eigenvalue weighted by Gasteiger charge is 2.26. The van der Waals surface area contributed by atoms with Gasteiger partial charge < -0.3 is 10.2 Å². The number of amides is 2. The molecule has 1 aliphatic heterocycles. The Morgan fingerprint density at radius 3 is 2.75 bits per heavy atom. The summed E-state index contributed by atoms with van der Waals surface area (Å²) in [5.41, 5.74) is 0.524. The molecule has 2 amide bonds. The number of carbonyl (C=O) groups excluding carboxylic acids is 2. The van der Waals surface area contributed by atoms with E-state index in [0.29, 0.717) is 12.1 Å². The minimum Gasteiger partial charge on any atom is -0.343 e. The van der Waals surface area contributed by atoms with Gasteiger partial charge in [-0.15, -0.1) is 0 Å². The highest BCUT2D eigenvalue weighted by molar-refractivity contribution is 5.96. The quantitative estimate of drug-likeness (QED) is 0.901. The van der Waals surface area contributed by atoms with E-state index >= 15 is 0 Å². The number of carbonyl (C=O) groups is 2. The minimum atomic E-state index is -0.357. The number of nitrogens with one attached hydrogen (secondary N) is 1. The molecule has 0 aliphatic carbocycles. The monoisotopic (exact) mass is 271 g/mol. The van der Waals surface area contributed by atoms with Crippen LogP contribution in [0.3, 0.4) is 0 Å². The lowest BCUT2D eigenvalue weighted by Gasteiger charge is -2.31. The molecule has 1 aliphatic rings. The van der Waals surface area contributed by atoms with E-state index in [-0.39, 0.29) is 24.4 Å². The largest absolute Gasteiger partial charge is 0.343 e. The number of nitriles is 1. The Morgan fingerprint density at radius 2 is 2.05 bits per heavy atom. The Labute approximate surface area is 118 Å². The summed E-state index contributed by atoms with van der Waals surface area (Å²) >= 11 is 0. The zero-order valence-corrected chi connectivity index (χ0v) is 11.2. The van der Waals surface area contributed by atoms with Gasteiger partial charge >= 0.3 is 0 Å². The number of nitrogens with zero attached hydrogens (tertiary/aromatic N) is 2. The van der Waals surface area contributed by atoms with Crippen molar-refractivity contribution in [3.05, 3.63) is 35.9 Å². The molecule has 104 valence electrons. The van der Waals surface area contributed by atoms with Gasteiger partial charge in [0.25, 0.3) is 5.91 Å². The van der Waals surface area contributed by atoms with Crippen LogP contribution >= 0.6 is 0 Å². The van der Waals surface area contributed by atoms with E-state index in [1.165, 1.54) is 0 Å². The first-order valence-corrected chi connectivity index (χ1v) is 6.74. The number of benzene rings is 1. The molecule has 5 heteroatoms. The number of hydrogen-bond acceptors (Lipinski definition) is 3. The lowest BCUT2D eigenvalue weighted by atomic mass is 10.0. The SMILES string of the molecule is N#C[C@@H]1CCCCN1C(=O)CNC(=O)c1ccccc1. The molecule has 1 saturated heterocycles. The summed E-state index contributed by atoms with van der Waals surface area (Å²) in [6.07, 6.45) is 2.60. The van der Waals surface area contributed by atoms with E-state index in [9.17, 15) is 9.59 Å². The maximum atomic E-state index is 12.1. The molecule has 1 N–H and O–H groups in total. The summed E-state index contributed by atoms with van der Waals surface area (Å²) in [7, 11) is 0. The molecule has 20 heavy (non-hydrogen) atoms. The van der Waals surface area contributed by atoms with E-state index < -0.39 is 0 Å². The zero-order chi connectivity index (χ0) is 14.4. The fourth-order valence-electron chi connectivity index (χ4n) is 2.31. The van der Waals surface area contributed by atoms with Crippen molar-refractivity contribution >= 4 is 11.8 Å². The molecule has 0 saturated carbocycles. The van der Waals surface area contributed by atoms with Crippen LogP contribution in [0.5, 0.6) is 0 Å². The molecular weight excluding hydrogens is 254 g/mol. The summed E-state index contributed by atoms with van der Waals surface area (Å²) < 4.78 is 0. The van der Waals surface area contributed by atoms with Crippen LogP contribution in [0.1, 0.15) is 29.6 Å². The van der Waals surface area contributed by atoms with Crippen LogP contribution < -0.4 is 5.32 Å². The molecule has 1 aromatic carbocycles. The average molecular weight is 271 g/mol. The topological polar surface area (TPSA) is 73.2 Å². The van der Waals surface area contributed by atoms with Gasteiger partial charge in [0.1, 0.15) is 6.04 Å². The Bertz CT molecular complexity index is 522. The summed E-state index contributed by atoms with van der Waals surface area (Å²) in [5.74, 6) is -0.468. The summed E-state index contributed by atoms with van der Waals surface area (Å²) in [6.45, 7) is 0.532. The lowest BCUT2D eigenvalue weighted by molar-refractivity contribution is -0.132. The van der Waals surface area contributed by atoms with Gasteiger partial charge in [0, 0.05) is 12.1 Å². The van der Waals surface area contributed by atoms with Crippen molar-refractivity contribution in [2.75, 3.05) is 13.1 Å². The Hall–Kier alpha value is -2.35. The smallest absolute Gasteiger partial charge is 0.251 e. The first-order valence-electron chi connectivity index (χ1n) is 6.74. The van der Waals surface area contributed by atoms with E-state index in [1.54, 1.807) is 29.2 Å². The van der Waals surface area contributed by atoms with Crippen molar-refractivity contribution in [2.45, 2.75) is 25.3 Å². The van der Waals surface area contributed by atoms with E-state index in [1.807, 2.05) is 6.07 Å². The van der Waals surface area contributed by atoms with Crippen LogP contribution in [0, 0.1) is 11.3 Å². The van der Waals surface area contributed by atoms with Crippen LogP contribution in [-0.4, -0.2) is 35.8 Å². The van der Waals surface area contributed by atoms with Crippen molar-refractivity contribution < 1.29 is 9.59 Å². The first-order chi connectivity index (χ1) is 9.72. The molecule has 5 nitrogen and oxygen atoms in total. The second-order valence-corrected chi connectivity index (χ2v) is 4.78. The van der Waals surface area contributed by atoms with Crippen molar-refractivity contribution in [3.8, 4) is 6.07 Å². The third-order valence-corrected chi connectivity index (χ3v) is 3.41. The molecule has 1 aromatic rings. The van der Waals surface area contributed by atoms with Crippen molar-refractivity contribution in [1.82, 2.24) is 10.2 Å². The van der Waals surface area contributed by atoms with Gasteiger partial charge in [-0.25, -0.2) is 0 Å². The summed E-state index contributed by atoms with van der Waals surface area (Å²) in [5, 5.41) is 11.6. The number of likely N-dealkylation sites (tertiary alicyclic amines) is 1. The molecule has 0 unspecified atom stereocenters. The summed E-state index contributed by atoms with van der Waals surface area (Å²) in [4.78, 5) is 25.5. The van der Waals surface area contributed by atoms with Gasteiger partial charge in [0.05, 0.1) is 12.6 Å². The van der Waals surface area contributed by atoms with Gasteiger partial charge in [-0.1, -0.05) is 18.2 Å². The Morgan fingerprint density at radius 1 is 1.30 bits per heavy atom. The van der Waals surface area contributed by atoms with Crippen molar-refractivity contribution in [3.63, 3.8) is 0 Å². The maximum absolute atomic E-state index is 12.1. The number of piperidine rings is 1. The standard InChI is InChI=1S/C15H17N3O2/c16-10-13-8-4-5-9-18(13)14(19)11-17-15(20)12-6-2-1-3-7-12/h1-3,6-7,13H,4-5,8-9,11H2,(H,17,20)/t13-/m0/s1. The Kier molecular flexibility index (Phi) is 4.72. The zero-order valence-electron chi connectivity index (χ0n) is 11.2. The molecule has 0 aromatic heterocycles. The second-order valence-electron chi connectivity index (χ2n) is 4.78. The molecule has 2 rings (SSSR count). The van der Waals surface area contributed by atoms with E-state index in [4.69, 9.17) is 5.26 Å². The van der Waals surface area contributed by atoms with Crippen molar-refractivity contribution in [1.29, 1.82) is 5.26 Å². The van der Waals surface area contributed by atoms with Crippen molar-refractivity contribution in [2.24, 2.45) is 0 Å². The normalized spacial score (nSPS) is 18.1. The fourth-order valence-corrected chi connectivity index (χ4v) is 2.31. The van der Waals surface area contributed by atoms with Gasteiger partial charge in [0.15, 0.2) is 0 Å². The summed E-state index contributed by atoms with van der Waals surface area (Å²) in [6, 6.07) is 10.5. The van der Waals surface area contributed by atoms with Crippen LogP contribution in [-0.2, 0) is 4.79 Å². The molecule has 1 fully saturated rings. The van der Waals surface area contributed by atoms with E-state index in [2.05, 4.69) is 11.4 Å². The molecule has 1 atom stereocenters. The third-order valence-electron chi connectivity index (χ3n) is 3.41. The molecular formula is C15H17N3O2. The predicted octanol–water partition coefficient (Wildman–Crippen LogP) is 1.32.